The number of amides is 1. The molecular formula is C30H34ClN3O4. The topological polar surface area (TPSA) is 103 Å². The second kappa shape index (κ2) is 12.4. The molecule has 1 aliphatic heterocycles. The molecule has 0 saturated heterocycles. The van der Waals surface area contributed by atoms with Gasteiger partial charge in [0.15, 0.2) is 0 Å². The number of carboxylic acids is 1. The Balaban J connectivity index is 1.68. The fraction of sp³-hybridized carbons (Fsp3) is 0.400. The van der Waals surface area contributed by atoms with Crippen molar-refractivity contribution in [3.63, 3.8) is 0 Å². The lowest BCUT2D eigenvalue weighted by molar-refractivity contribution is -0.143. The number of carbonyl (C=O) groups is 2. The second-order valence-corrected chi connectivity index (χ2v) is 10.2. The Morgan fingerprint density at radius 2 is 2.11 bits per heavy atom. The minimum absolute atomic E-state index is 0.0245. The standard InChI is InChI=1S/C30H34ClN3O4/c1-4-6-7-14-38-21-9-10-22(19(15-21)16-26(35)34-27(30(36)37)18(3)5-2)28-29-23(12-13-32-28)24-17-20(31)8-11-25(24)33-29/h1,8-11,15,17-18,27-28,32-33H,5-7,12-14,16H2,2-3H3,(H,34,35)(H,36,37)/t18?,27-,28-/m0/s1. The number of terminal acetylenes is 1. The molecule has 3 aromatic rings. The summed E-state index contributed by atoms with van der Waals surface area (Å²) in [7, 11) is 0. The summed E-state index contributed by atoms with van der Waals surface area (Å²) in [5.41, 5.74) is 4.97. The van der Waals surface area contributed by atoms with E-state index in [1.54, 1.807) is 0 Å². The molecule has 0 bridgehead atoms. The van der Waals surface area contributed by atoms with Crippen molar-refractivity contribution in [2.45, 2.75) is 58.0 Å². The molecule has 8 heteroatoms. The predicted octanol–water partition coefficient (Wildman–Crippen LogP) is 5.01. The van der Waals surface area contributed by atoms with Gasteiger partial charge >= 0.3 is 5.97 Å². The van der Waals surface area contributed by atoms with Crippen LogP contribution in [0.3, 0.4) is 0 Å². The molecule has 0 saturated carbocycles. The van der Waals surface area contributed by atoms with E-state index in [1.807, 2.05) is 50.2 Å². The number of rotatable bonds is 11. The van der Waals surface area contributed by atoms with Gasteiger partial charge in [0.2, 0.25) is 5.91 Å². The molecule has 38 heavy (non-hydrogen) atoms. The number of ether oxygens (including phenoxy) is 1. The van der Waals surface area contributed by atoms with Gasteiger partial charge < -0.3 is 25.5 Å². The number of aromatic nitrogens is 1. The highest BCUT2D eigenvalue weighted by Crippen LogP contribution is 2.36. The van der Waals surface area contributed by atoms with E-state index in [-0.39, 0.29) is 24.3 Å². The third-order valence-electron chi connectivity index (χ3n) is 7.22. The van der Waals surface area contributed by atoms with Crippen LogP contribution in [-0.4, -0.2) is 41.2 Å². The molecule has 4 rings (SSSR count). The lowest BCUT2D eigenvalue weighted by Crippen LogP contribution is -2.45. The van der Waals surface area contributed by atoms with Crippen LogP contribution in [0.4, 0.5) is 0 Å². The van der Waals surface area contributed by atoms with Gasteiger partial charge in [0, 0.05) is 34.6 Å². The summed E-state index contributed by atoms with van der Waals surface area (Å²) in [6.45, 7) is 4.97. The van der Waals surface area contributed by atoms with Gasteiger partial charge in [-0.1, -0.05) is 37.9 Å². The summed E-state index contributed by atoms with van der Waals surface area (Å²) in [5.74, 6) is 1.68. The van der Waals surface area contributed by atoms with Gasteiger partial charge in [0.1, 0.15) is 11.8 Å². The Kier molecular flexibility index (Phi) is 8.98. The molecule has 200 valence electrons. The molecule has 1 aromatic heterocycles. The minimum Gasteiger partial charge on any atom is -0.494 e. The van der Waals surface area contributed by atoms with Crippen LogP contribution in [0.15, 0.2) is 36.4 Å². The van der Waals surface area contributed by atoms with Gasteiger partial charge in [-0.05, 0) is 65.8 Å². The summed E-state index contributed by atoms with van der Waals surface area (Å²) < 4.78 is 5.91. The van der Waals surface area contributed by atoms with Crippen LogP contribution in [0.2, 0.25) is 5.02 Å². The van der Waals surface area contributed by atoms with Crippen LogP contribution in [0.25, 0.3) is 10.9 Å². The summed E-state index contributed by atoms with van der Waals surface area (Å²) in [5, 5.41) is 17.8. The lowest BCUT2D eigenvalue weighted by Gasteiger charge is -2.27. The number of aromatic amines is 1. The van der Waals surface area contributed by atoms with Gasteiger partial charge in [-0.25, -0.2) is 4.79 Å². The molecule has 0 fully saturated rings. The zero-order chi connectivity index (χ0) is 27.2. The van der Waals surface area contributed by atoms with Crippen LogP contribution in [0, 0.1) is 18.3 Å². The van der Waals surface area contributed by atoms with Crippen molar-refractivity contribution in [1.29, 1.82) is 0 Å². The molecule has 7 nitrogen and oxygen atoms in total. The van der Waals surface area contributed by atoms with Crippen molar-refractivity contribution in [2.75, 3.05) is 13.2 Å². The normalized spacial score (nSPS) is 16.3. The predicted molar refractivity (Wildman–Crippen MR) is 150 cm³/mol. The first-order valence-electron chi connectivity index (χ1n) is 13.1. The number of aliphatic carboxylic acids is 1. The SMILES string of the molecule is C#CCCCOc1ccc([C@@H]2NCCc3c2[nH]c2ccc(Cl)cc32)c(CC(=O)N[C@H](C(=O)O)C(C)CC)c1. The van der Waals surface area contributed by atoms with Crippen molar-refractivity contribution in [1.82, 2.24) is 15.6 Å². The first-order valence-corrected chi connectivity index (χ1v) is 13.4. The number of H-pyrrole nitrogens is 1. The van der Waals surface area contributed by atoms with E-state index in [9.17, 15) is 14.7 Å². The number of halogens is 1. The molecule has 2 heterocycles. The fourth-order valence-electron chi connectivity index (χ4n) is 5.02. The molecule has 1 amide bonds. The number of carbonyl (C=O) groups excluding carboxylic acids is 1. The molecule has 4 N–H and O–H groups in total. The molecule has 0 aliphatic carbocycles. The Morgan fingerprint density at radius 3 is 2.84 bits per heavy atom. The average Bonchev–Trinajstić information content (AvgIpc) is 3.27. The van der Waals surface area contributed by atoms with Crippen LogP contribution >= 0.6 is 11.6 Å². The van der Waals surface area contributed by atoms with Crippen LogP contribution in [0.1, 0.15) is 61.5 Å². The van der Waals surface area contributed by atoms with Crippen molar-refractivity contribution < 1.29 is 19.4 Å². The number of hydrogen-bond acceptors (Lipinski definition) is 4. The quantitative estimate of drug-likeness (QED) is 0.204. The van der Waals surface area contributed by atoms with Gasteiger partial charge in [-0.15, -0.1) is 12.3 Å². The first-order chi connectivity index (χ1) is 18.3. The number of benzene rings is 2. The zero-order valence-corrected chi connectivity index (χ0v) is 22.5. The van der Waals surface area contributed by atoms with E-state index in [4.69, 9.17) is 22.8 Å². The Labute approximate surface area is 228 Å². The second-order valence-electron chi connectivity index (χ2n) is 9.81. The van der Waals surface area contributed by atoms with E-state index in [1.165, 1.54) is 5.56 Å². The summed E-state index contributed by atoms with van der Waals surface area (Å²) in [6.07, 6.45) is 8.22. The third kappa shape index (κ3) is 6.15. The van der Waals surface area contributed by atoms with E-state index >= 15 is 0 Å². The molecule has 0 spiro atoms. The molecule has 0 radical (unpaired) electrons. The van der Waals surface area contributed by atoms with Crippen molar-refractivity contribution in [2.24, 2.45) is 5.92 Å². The van der Waals surface area contributed by atoms with E-state index in [0.29, 0.717) is 30.2 Å². The maximum atomic E-state index is 13.1. The average molecular weight is 536 g/mol. The van der Waals surface area contributed by atoms with Gasteiger partial charge in [-0.3, -0.25) is 4.79 Å². The summed E-state index contributed by atoms with van der Waals surface area (Å²) >= 11 is 6.29. The molecule has 1 aliphatic rings. The maximum absolute atomic E-state index is 13.1. The molecule has 2 aromatic carbocycles. The van der Waals surface area contributed by atoms with Gasteiger partial charge in [0.25, 0.3) is 0 Å². The summed E-state index contributed by atoms with van der Waals surface area (Å²) in [4.78, 5) is 28.5. The molecular weight excluding hydrogens is 502 g/mol. The highest BCUT2D eigenvalue weighted by Gasteiger charge is 2.29. The van der Waals surface area contributed by atoms with Crippen LogP contribution in [0.5, 0.6) is 5.75 Å². The maximum Gasteiger partial charge on any atom is 0.326 e. The highest BCUT2D eigenvalue weighted by molar-refractivity contribution is 6.31. The van der Waals surface area contributed by atoms with E-state index in [2.05, 4.69) is 21.5 Å². The van der Waals surface area contributed by atoms with Crippen LogP contribution < -0.4 is 15.4 Å². The zero-order valence-electron chi connectivity index (χ0n) is 21.8. The Morgan fingerprint density at radius 1 is 1.29 bits per heavy atom. The Bertz CT molecular complexity index is 1360. The number of carboxylic acid groups (broad SMARTS) is 1. The van der Waals surface area contributed by atoms with E-state index < -0.39 is 12.0 Å². The van der Waals surface area contributed by atoms with E-state index in [0.717, 1.165) is 47.1 Å². The number of unbranched alkanes of at least 4 members (excludes halogenated alkanes) is 1. The van der Waals surface area contributed by atoms with Gasteiger partial charge in [-0.2, -0.15) is 0 Å². The fourth-order valence-corrected chi connectivity index (χ4v) is 5.19. The van der Waals surface area contributed by atoms with Gasteiger partial charge in [0.05, 0.1) is 19.1 Å². The number of fused-ring (bicyclic) bond motifs is 3. The van der Waals surface area contributed by atoms with Crippen molar-refractivity contribution in [3.05, 3.63) is 63.8 Å². The third-order valence-corrected chi connectivity index (χ3v) is 7.45. The minimum atomic E-state index is -1.03. The Hall–Kier alpha value is -3.47. The molecule has 3 atom stereocenters. The monoisotopic (exact) mass is 535 g/mol. The summed E-state index contributed by atoms with van der Waals surface area (Å²) in [6, 6.07) is 10.5. The number of hydrogen-bond donors (Lipinski definition) is 4. The van der Waals surface area contributed by atoms with Crippen LogP contribution in [-0.2, 0) is 22.4 Å². The number of nitrogens with one attached hydrogen (secondary N) is 3. The van der Waals surface area contributed by atoms with Crippen molar-refractivity contribution in [3.8, 4) is 18.1 Å². The van der Waals surface area contributed by atoms with Crippen molar-refractivity contribution >= 4 is 34.4 Å². The smallest absolute Gasteiger partial charge is 0.326 e. The first kappa shape index (κ1) is 27.6. The lowest BCUT2D eigenvalue weighted by atomic mass is 9.90. The largest absolute Gasteiger partial charge is 0.494 e. The highest BCUT2D eigenvalue weighted by atomic mass is 35.5. The molecule has 1 unspecified atom stereocenters.